The van der Waals surface area contributed by atoms with Crippen molar-refractivity contribution in [2.24, 2.45) is 5.41 Å². The molecule has 0 saturated heterocycles. The molecule has 1 aliphatic rings. The van der Waals surface area contributed by atoms with Crippen LogP contribution in [0.25, 0.3) is 0 Å². The first-order valence-corrected chi connectivity index (χ1v) is 3.04. The van der Waals surface area contributed by atoms with Crippen LogP contribution in [-0.4, -0.2) is 17.0 Å². The second-order valence-electron chi connectivity index (χ2n) is 2.22. The van der Waals surface area contributed by atoms with E-state index in [2.05, 4.69) is 0 Å². The minimum absolute atomic E-state index is 0.266. The van der Waals surface area contributed by atoms with Crippen LogP contribution in [-0.2, 0) is 4.79 Å². The number of aliphatic carboxylic acids is 1. The average molecular weight is 135 g/mol. The summed E-state index contributed by atoms with van der Waals surface area (Å²) in [7, 11) is 0. The number of halogens is 1. The fourth-order valence-corrected chi connectivity index (χ4v) is 0.937. The quantitative estimate of drug-likeness (QED) is 0.574. The Hall–Kier alpha value is -0.240. The van der Waals surface area contributed by atoms with E-state index >= 15 is 0 Å². The number of alkyl halides is 1. The summed E-state index contributed by atoms with van der Waals surface area (Å²) in [5.41, 5.74) is -0.526. The van der Waals surface area contributed by atoms with Gasteiger partial charge in [0.2, 0.25) is 0 Å². The van der Waals surface area contributed by atoms with Gasteiger partial charge < -0.3 is 5.11 Å². The minimum Gasteiger partial charge on any atom is -0.481 e. The number of carboxylic acids is 1. The number of carboxylic acid groups (broad SMARTS) is 1. The van der Waals surface area contributed by atoms with Gasteiger partial charge in [0.05, 0.1) is 5.41 Å². The van der Waals surface area contributed by atoms with Crippen LogP contribution >= 0.6 is 11.6 Å². The van der Waals surface area contributed by atoms with E-state index in [1.807, 2.05) is 0 Å². The van der Waals surface area contributed by atoms with Crippen molar-refractivity contribution in [3.8, 4) is 0 Å². The SMILES string of the molecule is O=C(O)C1(CCl)CC1. The van der Waals surface area contributed by atoms with Gasteiger partial charge in [-0.3, -0.25) is 4.79 Å². The number of carbonyl (C=O) groups is 1. The Labute approximate surface area is 52.5 Å². The maximum Gasteiger partial charge on any atom is 0.310 e. The van der Waals surface area contributed by atoms with Crippen LogP contribution in [0, 0.1) is 5.41 Å². The third kappa shape index (κ3) is 0.689. The van der Waals surface area contributed by atoms with Crippen molar-refractivity contribution in [1.29, 1.82) is 0 Å². The molecule has 0 heterocycles. The van der Waals surface area contributed by atoms with Gasteiger partial charge in [-0.25, -0.2) is 0 Å². The molecular formula is C5H7ClO2. The normalized spacial score (nSPS) is 22.6. The molecule has 46 valence electrons. The first kappa shape index (κ1) is 5.89. The lowest BCUT2D eigenvalue weighted by atomic mass is 10.1. The highest BCUT2D eigenvalue weighted by Crippen LogP contribution is 2.46. The molecule has 0 atom stereocenters. The Morgan fingerprint density at radius 3 is 2.25 bits per heavy atom. The van der Waals surface area contributed by atoms with Crippen LogP contribution in [0.3, 0.4) is 0 Å². The molecule has 0 aliphatic heterocycles. The molecule has 1 aliphatic carbocycles. The summed E-state index contributed by atoms with van der Waals surface area (Å²) in [5.74, 6) is -0.477. The molecule has 1 N–H and O–H groups in total. The lowest BCUT2D eigenvalue weighted by molar-refractivity contribution is -0.142. The molecule has 2 nitrogen and oxygen atoms in total. The zero-order valence-electron chi connectivity index (χ0n) is 4.35. The van der Waals surface area contributed by atoms with Crippen molar-refractivity contribution >= 4 is 17.6 Å². The molecule has 1 rings (SSSR count). The van der Waals surface area contributed by atoms with E-state index in [0.717, 1.165) is 12.8 Å². The van der Waals surface area contributed by atoms with Crippen LogP contribution in [0.4, 0.5) is 0 Å². The van der Waals surface area contributed by atoms with Gasteiger partial charge in [-0.1, -0.05) is 0 Å². The lowest BCUT2D eigenvalue weighted by Gasteiger charge is -1.99. The number of hydrogen-bond donors (Lipinski definition) is 1. The Morgan fingerprint density at radius 1 is 1.75 bits per heavy atom. The van der Waals surface area contributed by atoms with Crippen LogP contribution < -0.4 is 0 Å². The van der Waals surface area contributed by atoms with E-state index in [1.165, 1.54) is 0 Å². The van der Waals surface area contributed by atoms with Crippen molar-refractivity contribution in [2.45, 2.75) is 12.8 Å². The van der Waals surface area contributed by atoms with E-state index < -0.39 is 11.4 Å². The van der Waals surface area contributed by atoms with Gasteiger partial charge in [0.1, 0.15) is 0 Å². The summed E-state index contributed by atoms with van der Waals surface area (Å²) >= 11 is 5.37. The standard InChI is InChI=1S/C5H7ClO2/c6-3-5(1-2-5)4(7)8/h1-3H2,(H,7,8). The number of rotatable bonds is 2. The van der Waals surface area contributed by atoms with E-state index in [4.69, 9.17) is 16.7 Å². The van der Waals surface area contributed by atoms with E-state index in [0.29, 0.717) is 0 Å². The molecule has 0 aromatic heterocycles. The highest BCUT2D eigenvalue weighted by atomic mass is 35.5. The zero-order valence-corrected chi connectivity index (χ0v) is 5.11. The first-order valence-electron chi connectivity index (χ1n) is 2.51. The van der Waals surface area contributed by atoms with Crippen LogP contribution in [0.15, 0.2) is 0 Å². The molecule has 1 saturated carbocycles. The van der Waals surface area contributed by atoms with Gasteiger partial charge in [0.25, 0.3) is 0 Å². The molecular weight excluding hydrogens is 128 g/mol. The Balaban J connectivity index is 2.53. The molecule has 0 unspecified atom stereocenters. The van der Waals surface area contributed by atoms with Gasteiger partial charge in [-0.15, -0.1) is 11.6 Å². The average Bonchev–Trinajstić information content (AvgIpc) is 2.44. The summed E-state index contributed by atoms with van der Waals surface area (Å²) < 4.78 is 0. The summed E-state index contributed by atoms with van der Waals surface area (Å²) in [6.07, 6.45) is 1.51. The highest BCUT2D eigenvalue weighted by molar-refractivity contribution is 6.20. The summed E-state index contributed by atoms with van der Waals surface area (Å²) in [6, 6.07) is 0. The van der Waals surface area contributed by atoms with E-state index in [1.54, 1.807) is 0 Å². The van der Waals surface area contributed by atoms with Crippen molar-refractivity contribution in [1.82, 2.24) is 0 Å². The third-order valence-electron chi connectivity index (χ3n) is 1.56. The van der Waals surface area contributed by atoms with Gasteiger partial charge in [0, 0.05) is 5.88 Å². The molecule has 0 radical (unpaired) electrons. The molecule has 0 aromatic carbocycles. The van der Waals surface area contributed by atoms with Crippen molar-refractivity contribution < 1.29 is 9.90 Å². The molecule has 0 spiro atoms. The van der Waals surface area contributed by atoms with Gasteiger partial charge >= 0.3 is 5.97 Å². The Kier molecular flexibility index (Phi) is 1.19. The second-order valence-corrected chi connectivity index (χ2v) is 2.49. The second kappa shape index (κ2) is 1.62. The fourth-order valence-electron chi connectivity index (χ4n) is 0.556. The smallest absolute Gasteiger partial charge is 0.310 e. The molecule has 0 amide bonds. The zero-order chi connectivity index (χ0) is 6.20. The monoisotopic (exact) mass is 134 g/mol. The maximum absolute atomic E-state index is 10.2. The Bertz CT molecular complexity index is 118. The maximum atomic E-state index is 10.2. The summed E-state index contributed by atoms with van der Waals surface area (Å²) in [6.45, 7) is 0. The third-order valence-corrected chi connectivity index (χ3v) is 2.07. The predicted octanol–water partition coefficient (Wildman–Crippen LogP) is 1.09. The van der Waals surface area contributed by atoms with Gasteiger partial charge in [-0.2, -0.15) is 0 Å². The molecule has 8 heavy (non-hydrogen) atoms. The van der Waals surface area contributed by atoms with Crippen molar-refractivity contribution in [3.05, 3.63) is 0 Å². The van der Waals surface area contributed by atoms with Gasteiger partial charge in [-0.05, 0) is 12.8 Å². The summed E-state index contributed by atoms with van der Waals surface area (Å²) in [5, 5.41) is 8.42. The predicted molar refractivity (Wildman–Crippen MR) is 30.0 cm³/mol. The summed E-state index contributed by atoms with van der Waals surface area (Å²) in [4.78, 5) is 10.2. The van der Waals surface area contributed by atoms with Crippen molar-refractivity contribution in [3.63, 3.8) is 0 Å². The fraction of sp³-hybridized carbons (Fsp3) is 0.800. The van der Waals surface area contributed by atoms with E-state index in [-0.39, 0.29) is 5.88 Å². The van der Waals surface area contributed by atoms with Crippen LogP contribution in [0.5, 0.6) is 0 Å². The van der Waals surface area contributed by atoms with Crippen LogP contribution in [0.2, 0.25) is 0 Å². The van der Waals surface area contributed by atoms with Crippen molar-refractivity contribution in [2.75, 3.05) is 5.88 Å². The minimum atomic E-state index is -0.743. The van der Waals surface area contributed by atoms with Gasteiger partial charge in [0.15, 0.2) is 0 Å². The topological polar surface area (TPSA) is 37.3 Å². The molecule has 1 fully saturated rings. The first-order chi connectivity index (χ1) is 3.71. The largest absolute Gasteiger partial charge is 0.481 e. The van der Waals surface area contributed by atoms with Crippen LogP contribution in [0.1, 0.15) is 12.8 Å². The Morgan fingerprint density at radius 2 is 2.25 bits per heavy atom. The van der Waals surface area contributed by atoms with E-state index in [9.17, 15) is 4.79 Å². The lowest BCUT2D eigenvalue weighted by Crippen LogP contribution is -2.15. The molecule has 0 aromatic rings. The molecule has 3 heteroatoms. The molecule has 0 bridgehead atoms. The highest BCUT2D eigenvalue weighted by Gasteiger charge is 2.49. The number of hydrogen-bond acceptors (Lipinski definition) is 1.